The van der Waals surface area contributed by atoms with Crippen LogP contribution in [0, 0.1) is 11.3 Å². The van der Waals surface area contributed by atoms with Crippen LogP contribution in [0.3, 0.4) is 0 Å². The number of hydrogen-bond acceptors (Lipinski definition) is 4. The zero-order valence-electron chi connectivity index (χ0n) is 12.8. The Bertz CT molecular complexity index is 1080. The molecule has 7 heteroatoms. The van der Waals surface area contributed by atoms with Crippen molar-refractivity contribution in [3.8, 4) is 17.2 Å². The van der Waals surface area contributed by atoms with Crippen molar-refractivity contribution >= 4 is 27.5 Å². The maximum atomic E-state index is 12.6. The van der Waals surface area contributed by atoms with Crippen LogP contribution in [-0.4, -0.2) is 18.6 Å². The Kier molecular flexibility index (Phi) is 4.70. The van der Waals surface area contributed by atoms with Crippen molar-refractivity contribution in [3.05, 3.63) is 76.4 Å². The van der Waals surface area contributed by atoms with Crippen LogP contribution in [0.2, 0.25) is 5.02 Å². The minimum absolute atomic E-state index is 0.0617. The van der Waals surface area contributed by atoms with Gasteiger partial charge in [-0.25, -0.2) is 8.42 Å². The lowest BCUT2D eigenvalue weighted by molar-refractivity contribution is 0.603. The number of nitriles is 1. The number of halogens is 1. The number of benzene rings is 2. The number of nitrogens with one attached hydrogen (secondary N) is 1. The molecular formula is C18H12ClN3O2S. The van der Waals surface area contributed by atoms with E-state index in [0.29, 0.717) is 16.3 Å². The highest BCUT2D eigenvalue weighted by Gasteiger charge is 2.21. The molecule has 25 heavy (non-hydrogen) atoms. The Morgan fingerprint density at radius 1 is 1.16 bits per heavy atom. The van der Waals surface area contributed by atoms with Crippen molar-refractivity contribution in [1.82, 2.24) is 10.2 Å². The van der Waals surface area contributed by atoms with Crippen LogP contribution in [0.5, 0.6) is 0 Å². The smallest absolute Gasteiger partial charge is 0.216 e. The van der Waals surface area contributed by atoms with Crippen LogP contribution in [0.4, 0.5) is 0 Å². The third-order valence-electron chi connectivity index (χ3n) is 3.53. The van der Waals surface area contributed by atoms with Gasteiger partial charge in [-0.1, -0.05) is 41.9 Å². The van der Waals surface area contributed by atoms with E-state index in [4.69, 9.17) is 11.6 Å². The summed E-state index contributed by atoms with van der Waals surface area (Å²) in [7, 11) is -3.91. The van der Waals surface area contributed by atoms with Crippen LogP contribution >= 0.6 is 11.6 Å². The molecule has 0 amide bonds. The van der Waals surface area contributed by atoms with Gasteiger partial charge in [-0.15, -0.1) is 0 Å². The molecule has 0 radical (unpaired) electrons. The summed E-state index contributed by atoms with van der Waals surface area (Å²) in [6.45, 7) is 0. The fourth-order valence-electron chi connectivity index (χ4n) is 2.32. The monoisotopic (exact) mass is 369 g/mol. The van der Waals surface area contributed by atoms with Crippen molar-refractivity contribution in [1.29, 1.82) is 5.26 Å². The number of aromatic amines is 1. The van der Waals surface area contributed by atoms with Crippen LogP contribution in [-0.2, 0) is 9.84 Å². The second kappa shape index (κ2) is 6.93. The molecule has 0 saturated heterocycles. The third-order valence-corrected chi connectivity index (χ3v) is 5.45. The molecule has 0 spiro atoms. The zero-order chi connectivity index (χ0) is 17.9. The lowest BCUT2D eigenvalue weighted by Gasteiger charge is -2.04. The summed E-state index contributed by atoms with van der Waals surface area (Å²) in [5.41, 5.74) is 1.83. The first-order valence-electron chi connectivity index (χ1n) is 7.23. The standard InChI is InChI=1S/C18H12ClN3O2S/c19-14-6-4-5-13(9-14)17-12-21-22-18(17)10-16(11-20)25(23,24)15-7-2-1-3-8-15/h1-10,12H,(H,21,22)/b16-10+. The highest BCUT2D eigenvalue weighted by atomic mass is 35.5. The normalized spacial score (nSPS) is 11.9. The van der Waals surface area contributed by atoms with Crippen LogP contribution in [0.15, 0.2) is 70.6 Å². The van der Waals surface area contributed by atoms with Crippen LogP contribution < -0.4 is 0 Å². The van der Waals surface area contributed by atoms with E-state index in [1.54, 1.807) is 48.7 Å². The number of H-pyrrole nitrogens is 1. The Morgan fingerprint density at radius 2 is 1.92 bits per heavy atom. The van der Waals surface area contributed by atoms with Crippen LogP contribution in [0.25, 0.3) is 17.2 Å². The zero-order valence-corrected chi connectivity index (χ0v) is 14.4. The molecule has 3 rings (SSSR count). The number of nitrogens with zero attached hydrogens (tertiary/aromatic N) is 2. The molecule has 1 aromatic heterocycles. The number of allylic oxidation sites excluding steroid dienone is 1. The van der Waals surface area contributed by atoms with E-state index < -0.39 is 9.84 Å². The maximum absolute atomic E-state index is 12.6. The number of hydrogen-bond donors (Lipinski definition) is 1. The molecule has 0 aliphatic heterocycles. The van der Waals surface area contributed by atoms with E-state index >= 15 is 0 Å². The van der Waals surface area contributed by atoms with E-state index in [0.717, 1.165) is 5.56 Å². The largest absolute Gasteiger partial charge is 0.278 e. The predicted octanol–water partition coefficient (Wildman–Crippen LogP) is 4.07. The molecule has 0 bridgehead atoms. The molecule has 3 aromatic rings. The molecule has 0 aliphatic rings. The van der Waals surface area contributed by atoms with Crippen molar-refractivity contribution < 1.29 is 8.42 Å². The summed E-state index contributed by atoms with van der Waals surface area (Å²) >= 11 is 6.01. The van der Waals surface area contributed by atoms with Gasteiger partial charge in [0.1, 0.15) is 6.07 Å². The Hall–Kier alpha value is -2.88. The quantitative estimate of drug-likeness (QED) is 0.702. The maximum Gasteiger partial charge on any atom is 0.216 e. The fourth-order valence-corrected chi connectivity index (χ4v) is 3.67. The molecule has 2 aromatic carbocycles. The van der Waals surface area contributed by atoms with Gasteiger partial charge in [0.2, 0.25) is 9.84 Å². The second-order valence-electron chi connectivity index (χ2n) is 5.14. The van der Waals surface area contributed by atoms with Crippen molar-refractivity contribution in [2.24, 2.45) is 0 Å². The molecular weight excluding hydrogens is 358 g/mol. The van der Waals surface area contributed by atoms with Crippen molar-refractivity contribution in [3.63, 3.8) is 0 Å². The first kappa shape index (κ1) is 17.0. The topological polar surface area (TPSA) is 86.6 Å². The second-order valence-corrected chi connectivity index (χ2v) is 7.50. The van der Waals surface area contributed by atoms with Gasteiger partial charge in [0.05, 0.1) is 16.8 Å². The van der Waals surface area contributed by atoms with E-state index in [2.05, 4.69) is 10.2 Å². The van der Waals surface area contributed by atoms with Gasteiger partial charge < -0.3 is 0 Å². The van der Waals surface area contributed by atoms with Gasteiger partial charge in [-0.3, -0.25) is 5.10 Å². The molecule has 0 fully saturated rings. The van der Waals surface area contributed by atoms with Crippen molar-refractivity contribution in [2.75, 3.05) is 0 Å². The van der Waals surface area contributed by atoms with E-state index in [1.165, 1.54) is 18.2 Å². The van der Waals surface area contributed by atoms with Crippen molar-refractivity contribution in [2.45, 2.75) is 4.90 Å². The van der Waals surface area contributed by atoms with Crippen LogP contribution in [0.1, 0.15) is 5.69 Å². The molecule has 1 N–H and O–H groups in total. The molecule has 0 unspecified atom stereocenters. The average molecular weight is 370 g/mol. The number of aromatic nitrogens is 2. The molecule has 1 heterocycles. The minimum atomic E-state index is -3.91. The van der Waals surface area contributed by atoms with Gasteiger partial charge >= 0.3 is 0 Å². The summed E-state index contributed by atoms with van der Waals surface area (Å²) in [6.07, 6.45) is 2.84. The molecule has 5 nitrogen and oxygen atoms in total. The highest BCUT2D eigenvalue weighted by Crippen LogP contribution is 2.28. The first-order valence-corrected chi connectivity index (χ1v) is 9.10. The minimum Gasteiger partial charge on any atom is -0.278 e. The number of sulfone groups is 1. The van der Waals surface area contributed by atoms with Gasteiger partial charge in [-0.05, 0) is 35.9 Å². The van der Waals surface area contributed by atoms with E-state index in [1.807, 2.05) is 6.07 Å². The molecule has 0 aliphatic carbocycles. The van der Waals surface area contributed by atoms with E-state index in [-0.39, 0.29) is 9.80 Å². The molecule has 0 atom stereocenters. The lowest BCUT2D eigenvalue weighted by Crippen LogP contribution is -2.03. The average Bonchev–Trinajstić information content (AvgIpc) is 3.08. The van der Waals surface area contributed by atoms with Gasteiger partial charge in [0.25, 0.3) is 0 Å². The summed E-state index contributed by atoms with van der Waals surface area (Å²) in [6, 6.07) is 16.7. The Balaban J connectivity index is 2.09. The first-order chi connectivity index (χ1) is 12.0. The highest BCUT2D eigenvalue weighted by molar-refractivity contribution is 7.95. The Morgan fingerprint density at radius 3 is 2.60 bits per heavy atom. The third kappa shape index (κ3) is 3.48. The lowest BCUT2D eigenvalue weighted by atomic mass is 10.1. The van der Waals surface area contributed by atoms with Gasteiger partial charge in [-0.2, -0.15) is 10.4 Å². The summed E-state index contributed by atoms with van der Waals surface area (Å²) in [4.78, 5) is -0.308. The fraction of sp³-hybridized carbons (Fsp3) is 0. The number of rotatable bonds is 4. The summed E-state index contributed by atoms with van der Waals surface area (Å²) in [5, 5.41) is 16.6. The van der Waals surface area contributed by atoms with Gasteiger partial charge in [0.15, 0.2) is 4.91 Å². The predicted molar refractivity (Wildman–Crippen MR) is 96.3 cm³/mol. The summed E-state index contributed by atoms with van der Waals surface area (Å²) in [5.74, 6) is 0. The van der Waals surface area contributed by atoms with Gasteiger partial charge in [0, 0.05) is 10.6 Å². The SMILES string of the molecule is N#C/C(=C\c1[nH]ncc1-c1cccc(Cl)c1)S(=O)(=O)c1ccccc1. The molecule has 0 saturated carbocycles. The Labute approximate surface area is 150 Å². The van der Waals surface area contributed by atoms with E-state index in [9.17, 15) is 13.7 Å². The summed E-state index contributed by atoms with van der Waals surface area (Å²) < 4.78 is 25.3. The molecule has 124 valence electrons.